The van der Waals surface area contributed by atoms with E-state index in [1.54, 1.807) is 24.8 Å². The standard InChI is InChI=1S/C17H16ClFN4/c18-16-4-2-1-3-14(16)17(20)15(9-23-10-21-22-11-23)12-5-7-13(19)8-6-12/h1-8,10-11,15,17H,9,20H2. The second-order valence-corrected chi connectivity index (χ2v) is 5.77. The third-order valence-corrected chi connectivity index (χ3v) is 4.21. The van der Waals surface area contributed by atoms with Gasteiger partial charge in [-0.2, -0.15) is 0 Å². The van der Waals surface area contributed by atoms with E-state index in [9.17, 15) is 4.39 Å². The van der Waals surface area contributed by atoms with Gasteiger partial charge in [-0.25, -0.2) is 4.39 Å². The summed E-state index contributed by atoms with van der Waals surface area (Å²) in [7, 11) is 0. The number of halogens is 2. The van der Waals surface area contributed by atoms with Crippen LogP contribution in [0.5, 0.6) is 0 Å². The van der Waals surface area contributed by atoms with Gasteiger partial charge in [-0.05, 0) is 29.3 Å². The van der Waals surface area contributed by atoms with Crippen molar-refractivity contribution in [3.05, 3.63) is 83.2 Å². The van der Waals surface area contributed by atoms with E-state index in [0.717, 1.165) is 11.1 Å². The van der Waals surface area contributed by atoms with Crippen LogP contribution in [0.1, 0.15) is 23.1 Å². The molecule has 1 heterocycles. The molecular formula is C17H16ClFN4. The predicted octanol–water partition coefficient (Wildman–Crippen LogP) is 3.55. The van der Waals surface area contributed by atoms with Crippen LogP contribution in [-0.2, 0) is 6.54 Å². The molecule has 0 spiro atoms. The highest BCUT2D eigenvalue weighted by molar-refractivity contribution is 6.31. The zero-order chi connectivity index (χ0) is 16.2. The molecule has 2 atom stereocenters. The van der Waals surface area contributed by atoms with Crippen molar-refractivity contribution in [1.29, 1.82) is 0 Å². The van der Waals surface area contributed by atoms with Crippen molar-refractivity contribution in [3.63, 3.8) is 0 Å². The second-order valence-electron chi connectivity index (χ2n) is 5.36. The van der Waals surface area contributed by atoms with Gasteiger partial charge in [0.05, 0.1) is 0 Å². The van der Waals surface area contributed by atoms with E-state index >= 15 is 0 Å². The average Bonchev–Trinajstić information content (AvgIpc) is 3.07. The van der Waals surface area contributed by atoms with E-state index in [4.69, 9.17) is 17.3 Å². The number of nitrogens with zero attached hydrogens (tertiary/aromatic N) is 3. The van der Waals surface area contributed by atoms with Gasteiger partial charge < -0.3 is 10.3 Å². The molecule has 0 saturated carbocycles. The number of hydrogen-bond donors (Lipinski definition) is 1. The molecule has 0 aliphatic heterocycles. The minimum absolute atomic E-state index is 0.0912. The number of nitrogens with two attached hydrogens (primary N) is 1. The number of aromatic nitrogens is 3. The Kier molecular flexibility index (Phi) is 4.69. The number of benzene rings is 2. The molecule has 6 heteroatoms. The van der Waals surface area contributed by atoms with Gasteiger partial charge in [0.15, 0.2) is 0 Å². The Morgan fingerprint density at radius 3 is 2.35 bits per heavy atom. The van der Waals surface area contributed by atoms with Gasteiger partial charge in [0.1, 0.15) is 18.5 Å². The monoisotopic (exact) mass is 330 g/mol. The van der Waals surface area contributed by atoms with Crippen LogP contribution in [0.3, 0.4) is 0 Å². The molecule has 2 N–H and O–H groups in total. The highest BCUT2D eigenvalue weighted by atomic mass is 35.5. The lowest BCUT2D eigenvalue weighted by atomic mass is 9.87. The van der Waals surface area contributed by atoms with Crippen molar-refractivity contribution >= 4 is 11.6 Å². The molecule has 1 aromatic heterocycles. The Morgan fingerprint density at radius 2 is 1.70 bits per heavy atom. The quantitative estimate of drug-likeness (QED) is 0.778. The SMILES string of the molecule is NC(c1ccccc1Cl)C(Cn1cnnc1)c1ccc(F)cc1. The molecule has 0 saturated heterocycles. The van der Waals surface area contributed by atoms with Crippen LogP contribution in [0.25, 0.3) is 0 Å². The summed E-state index contributed by atoms with van der Waals surface area (Å²) in [5, 5.41) is 8.26. The summed E-state index contributed by atoms with van der Waals surface area (Å²) in [5.41, 5.74) is 8.29. The van der Waals surface area contributed by atoms with E-state index in [2.05, 4.69) is 10.2 Å². The highest BCUT2D eigenvalue weighted by Gasteiger charge is 2.23. The van der Waals surface area contributed by atoms with Crippen molar-refractivity contribution < 1.29 is 4.39 Å². The molecule has 23 heavy (non-hydrogen) atoms. The average molecular weight is 331 g/mol. The third-order valence-electron chi connectivity index (χ3n) is 3.87. The van der Waals surface area contributed by atoms with Gasteiger partial charge in [0.2, 0.25) is 0 Å². The van der Waals surface area contributed by atoms with Crippen molar-refractivity contribution in [2.75, 3.05) is 0 Å². The summed E-state index contributed by atoms with van der Waals surface area (Å²) < 4.78 is 15.1. The van der Waals surface area contributed by atoms with E-state index in [1.165, 1.54) is 12.1 Å². The maximum atomic E-state index is 13.2. The first-order valence-electron chi connectivity index (χ1n) is 7.23. The normalized spacial score (nSPS) is 13.7. The van der Waals surface area contributed by atoms with Crippen LogP contribution in [0, 0.1) is 5.82 Å². The fourth-order valence-corrected chi connectivity index (χ4v) is 2.90. The van der Waals surface area contributed by atoms with E-state index < -0.39 is 0 Å². The lowest BCUT2D eigenvalue weighted by molar-refractivity contribution is 0.476. The molecule has 0 aliphatic carbocycles. The summed E-state index contributed by atoms with van der Waals surface area (Å²) in [6.07, 6.45) is 3.27. The smallest absolute Gasteiger partial charge is 0.123 e. The molecule has 0 amide bonds. The Hall–Kier alpha value is -2.24. The molecule has 2 unspecified atom stereocenters. The van der Waals surface area contributed by atoms with Crippen molar-refractivity contribution in [2.45, 2.75) is 18.5 Å². The Morgan fingerprint density at radius 1 is 1.04 bits per heavy atom. The second kappa shape index (κ2) is 6.89. The molecular weight excluding hydrogens is 315 g/mol. The fraction of sp³-hybridized carbons (Fsp3) is 0.176. The fourth-order valence-electron chi connectivity index (χ4n) is 2.64. The van der Waals surface area contributed by atoms with Crippen LogP contribution in [-0.4, -0.2) is 14.8 Å². The van der Waals surface area contributed by atoms with Crippen LogP contribution in [0.15, 0.2) is 61.2 Å². The largest absolute Gasteiger partial charge is 0.323 e. The zero-order valence-corrected chi connectivity index (χ0v) is 13.1. The Labute approximate surface area is 138 Å². The number of hydrogen-bond acceptors (Lipinski definition) is 3. The van der Waals surface area contributed by atoms with Crippen LogP contribution < -0.4 is 5.73 Å². The molecule has 0 fully saturated rings. The summed E-state index contributed by atoms with van der Waals surface area (Å²) in [6, 6.07) is 13.5. The maximum absolute atomic E-state index is 13.2. The minimum atomic E-state index is -0.337. The zero-order valence-electron chi connectivity index (χ0n) is 12.3. The molecule has 0 bridgehead atoms. The van der Waals surface area contributed by atoms with Crippen LogP contribution in [0.4, 0.5) is 4.39 Å². The van der Waals surface area contributed by atoms with Gasteiger partial charge in [-0.3, -0.25) is 0 Å². The molecule has 0 radical (unpaired) electrons. The Balaban J connectivity index is 1.97. The van der Waals surface area contributed by atoms with Gasteiger partial charge in [0, 0.05) is 23.5 Å². The van der Waals surface area contributed by atoms with Gasteiger partial charge in [0.25, 0.3) is 0 Å². The van der Waals surface area contributed by atoms with E-state index in [1.807, 2.05) is 28.8 Å². The summed E-state index contributed by atoms with van der Waals surface area (Å²) >= 11 is 6.29. The van der Waals surface area contributed by atoms with Crippen molar-refractivity contribution in [2.24, 2.45) is 5.73 Å². The molecule has 118 valence electrons. The van der Waals surface area contributed by atoms with Crippen molar-refractivity contribution in [3.8, 4) is 0 Å². The first-order chi connectivity index (χ1) is 11.1. The van der Waals surface area contributed by atoms with Crippen LogP contribution >= 0.6 is 11.6 Å². The topological polar surface area (TPSA) is 56.7 Å². The van der Waals surface area contributed by atoms with E-state index in [0.29, 0.717) is 11.6 Å². The Bertz CT molecular complexity index is 759. The van der Waals surface area contributed by atoms with Crippen molar-refractivity contribution in [1.82, 2.24) is 14.8 Å². The van der Waals surface area contributed by atoms with Gasteiger partial charge >= 0.3 is 0 Å². The molecule has 4 nitrogen and oxygen atoms in total. The summed E-state index contributed by atoms with van der Waals surface area (Å²) in [6.45, 7) is 0.574. The summed E-state index contributed by atoms with van der Waals surface area (Å²) in [5.74, 6) is -0.366. The third kappa shape index (κ3) is 3.57. The van der Waals surface area contributed by atoms with Crippen LogP contribution in [0.2, 0.25) is 5.02 Å². The first-order valence-corrected chi connectivity index (χ1v) is 7.61. The lowest BCUT2D eigenvalue weighted by Crippen LogP contribution is -2.24. The molecule has 3 aromatic rings. The minimum Gasteiger partial charge on any atom is -0.323 e. The molecule has 2 aromatic carbocycles. The predicted molar refractivity (Wildman–Crippen MR) is 87.5 cm³/mol. The highest BCUT2D eigenvalue weighted by Crippen LogP contribution is 2.34. The maximum Gasteiger partial charge on any atom is 0.123 e. The van der Waals surface area contributed by atoms with E-state index in [-0.39, 0.29) is 17.8 Å². The summed E-state index contributed by atoms with van der Waals surface area (Å²) in [4.78, 5) is 0. The first kappa shape index (κ1) is 15.6. The van der Waals surface area contributed by atoms with Gasteiger partial charge in [-0.1, -0.05) is 41.9 Å². The van der Waals surface area contributed by atoms with Gasteiger partial charge in [-0.15, -0.1) is 10.2 Å². The number of rotatable bonds is 5. The molecule has 0 aliphatic rings. The molecule has 3 rings (SSSR count). The lowest BCUT2D eigenvalue weighted by Gasteiger charge is -2.25.